The zero-order valence-corrected chi connectivity index (χ0v) is 14.2. The third-order valence-corrected chi connectivity index (χ3v) is 5.43. The van der Waals surface area contributed by atoms with Crippen molar-refractivity contribution in [3.05, 3.63) is 70.5 Å². The number of carbonyl (C=O) groups is 2. The van der Waals surface area contributed by atoms with Crippen LogP contribution in [0.3, 0.4) is 0 Å². The first-order valence-electron chi connectivity index (χ1n) is 8.08. The quantitative estimate of drug-likeness (QED) is 0.706. The van der Waals surface area contributed by atoms with Crippen LogP contribution in [0, 0.1) is 5.82 Å². The molecule has 1 N–H and O–H groups in total. The van der Waals surface area contributed by atoms with Crippen molar-refractivity contribution in [1.29, 1.82) is 0 Å². The van der Waals surface area contributed by atoms with Crippen LogP contribution >= 0.6 is 11.3 Å². The lowest BCUT2D eigenvalue weighted by atomic mass is 9.93. The topological polar surface area (TPSA) is 62.3 Å². The smallest absolute Gasteiger partial charge is 0.248 e. The number of amides is 2. The number of fused-ring (bicyclic) bond motifs is 2. The van der Waals surface area contributed by atoms with Gasteiger partial charge in [-0.15, -0.1) is 11.3 Å². The number of halogens is 1. The fraction of sp³-hybridized carbons (Fsp3) is 0.105. The average molecular weight is 365 g/mol. The fourth-order valence-corrected chi connectivity index (χ4v) is 4.24. The van der Waals surface area contributed by atoms with E-state index in [9.17, 15) is 14.0 Å². The van der Waals surface area contributed by atoms with E-state index in [-0.39, 0.29) is 11.7 Å². The molecule has 2 aromatic carbocycles. The monoisotopic (exact) mass is 365 g/mol. The van der Waals surface area contributed by atoms with Crippen LogP contribution in [0.25, 0.3) is 0 Å². The standard InChI is InChI=1S/C19H12FN3O2S/c20-12-4-5-14-11(9-12)8-10-2-1-3-13-15(18(25)23(14)16(10)13)17(24)22-19-21-6-7-26-19/h1-7,9,15H,8H2,(H,21,22,24). The van der Waals surface area contributed by atoms with Crippen LogP contribution in [-0.4, -0.2) is 16.8 Å². The van der Waals surface area contributed by atoms with Crippen molar-refractivity contribution >= 4 is 39.7 Å². The second-order valence-electron chi connectivity index (χ2n) is 6.24. The molecule has 0 fully saturated rings. The molecule has 0 spiro atoms. The number of thiazole rings is 1. The van der Waals surface area contributed by atoms with Crippen molar-refractivity contribution in [2.45, 2.75) is 12.3 Å². The highest BCUT2D eigenvalue weighted by atomic mass is 32.1. The molecule has 2 aliphatic rings. The number of hydrogen-bond acceptors (Lipinski definition) is 4. The highest BCUT2D eigenvalue weighted by Gasteiger charge is 2.46. The first kappa shape index (κ1) is 15.2. The van der Waals surface area contributed by atoms with E-state index in [1.807, 2.05) is 12.1 Å². The first-order chi connectivity index (χ1) is 12.6. The fourth-order valence-electron chi connectivity index (χ4n) is 3.71. The van der Waals surface area contributed by atoms with E-state index in [1.54, 1.807) is 28.6 Å². The Labute approximate surface area is 152 Å². The maximum atomic E-state index is 13.7. The molecular formula is C19H12FN3O2S. The molecule has 3 heterocycles. The summed E-state index contributed by atoms with van der Waals surface area (Å²) in [7, 11) is 0. The highest BCUT2D eigenvalue weighted by Crippen LogP contribution is 2.49. The second-order valence-corrected chi connectivity index (χ2v) is 7.13. The van der Waals surface area contributed by atoms with E-state index in [4.69, 9.17) is 0 Å². The molecule has 5 rings (SSSR count). The number of carbonyl (C=O) groups excluding carboxylic acids is 2. The van der Waals surface area contributed by atoms with Gasteiger partial charge in [0.05, 0.1) is 11.4 Å². The minimum Gasteiger partial charge on any atom is -0.301 e. The lowest BCUT2D eigenvalue weighted by molar-refractivity contribution is -0.126. The van der Waals surface area contributed by atoms with Gasteiger partial charge in [0, 0.05) is 18.0 Å². The Morgan fingerprint density at radius 1 is 1.27 bits per heavy atom. The predicted molar refractivity (Wildman–Crippen MR) is 96.3 cm³/mol. The molecule has 2 amide bonds. The van der Waals surface area contributed by atoms with Crippen LogP contribution in [0.4, 0.5) is 20.9 Å². The number of nitrogens with one attached hydrogen (secondary N) is 1. The molecule has 1 aromatic heterocycles. The zero-order chi connectivity index (χ0) is 17.8. The second kappa shape index (κ2) is 5.47. The van der Waals surface area contributed by atoms with Gasteiger partial charge >= 0.3 is 0 Å². The maximum absolute atomic E-state index is 13.7. The average Bonchev–Trinajstić information content (AvgIpc) is 3.22. The Hall–Kier alpha value is -3.06. The molecule has 0 saturated heterocycles. The molecule has 0 aliphatic carbocycles. The summed E-state index contributed by atoms with van der Waals surface area (Å²) in [6, 6.07) is 9.93. The summed E-state index contributed by atoms with van der Waals surface area (Å²) >= 11 is 1.30. The van der Waals surface area contributed by atoms with Crippen LogP contribution in [0.15, 0.2) is 48.0 Å². The molecule has 0 saturated carbocycles. The molecule has 0 bridgehead atoms. The summed E-state index contributed by atoms with van der Waals surface area (Å²) in [5, 5.41) is 4.92. The number of rotatable bonds is 2. The molecule has 1 atom stereocenters. The summed E-state index contributed by atoms with van der Waals surface area (Å²) in [5.74, 6) is -2.01. The van der Waals surface area contributed by atoms with E-state index in [0.29, 0.717) is 22.8 Å². The molecule has 5 nitrogen and oxygen atoms in total. The third kappa shape index (κ3) is 2.10. The predicted octanol–water partition coefficient (Wildman–Crippen LogP) is 3.59. The minimum absolute atomic E-state index is 0.325. The summed E-state index contributed by atoms with van der Waals surface area (Å²) in [6.45, 7) is 0. The lowest BCUT2D eigenvalue weighted by Crippen LogP contribution is -2.32. The van der Waals surface area contributed by atoms with Gasteiger partial charge in [-0.1, -0.05) is 18.2 Å². The molecule has 2 aliphatic heterocycles. The van der Waals surface area contributed by atoms with Gasteiger partial charge in [-0.2, -0.15) is 0 Å². The zero-order valence-electron chi connectivity index (χ0n) is 13.4. The molecule has 7 heteroatoms. The van der Waals surface area contributed by atoms with Gasteiger partial charge in [0.15, 0.2) is 5.13 Å². The summed E-state index contributed by atoms with van der Waals surface area (Å²) in [4.78, 5) is 31.5. The SMILES string of the molecule is O=C(Nc1nccs1)C1C(=O)N2c3ccc(F)cc3Cc3cccc1c32. The molecule has 26 heavy (non-hydrogen) atoms. The normalized spacial score (nSPS) is 17.0. The maximum Gasteiger partial charge on any atom is 0.248 e. The van der Waals surface area contributed by atoms with Crippen molar-refractivity contribution in [1.82, 2.24) is 4.98 Å². The molecule has 3 aromatic rings. The van der Waals surface area contributed by atoms with Crippen LogP contribution in [-0.2, 0) is 16.0 Å². The van der Waals surface area contributed by atoms with E-state index < -0.39 is 11.8 Å². The molecular weight excluding hydrogens is 353 g/mol. The van der Waals surface area contributed by atoms with Gasteiger partial charge in [0.1, 0.15) is 11.7 Å². The molecule has 128 valence electrons. The van der Waals surface area contributed by atoms with Crippen molar-refractivity contribution in [2.75, 3.05) is 10.2 Å². The number of aromatic nitrogens is 1. The first-order valence-corrected chi connectivity index (χ1v) is 8.96. The van der Waals surface area contributed by atoms with Crippen LogP contribution in [0.5, 0.6) is 0 Å². The Morgan fingerprint density at radius 2 is 2.15 bits per heavy atom. The largest absolute Gasteiger partial charge is 0.301 e. The number of hydrogen-bond donors (Lipinski definition) is 1. The van der Waals surface area contributed by atoms with E-state index in [0.717, 1.165) is 16.8 Å². The van der Waals surface area contributed by atoms with E-state index in [2.05, 4.69) is 10.3 Å². The highest BCUT2D eigenvalue weighted by molar-refractivity contribution is 7.13. The molecule has 1 unspecified atom stereocenters. The number of anilines is 3. The van der Waals surface area contributed by atoms with Crippen LogP contribution < -0.4 is 10.2 Å². The van der Waals surface area contributed by atoms with E-state index in [1.165, 1.54) is 23.5 Å². The van der Waals surface area contributed by atoms with E-state index >= 15 is 0 Å². The Kier molecular flexibility index (Phi) is 3.20. The molecule has 0 radical (unpaired) electrons. The van der Waals surface area contributed by atoms with Gasteiger partial charge in [-0.3, -0.25) is 14.5 Å². The Morgan fingerprint density at radius 3 is 2.96 bits per heavy atom. The Balaban J connectivity index is 1.62. The minimum atomic E-state index is -0.940. The lowest BCUT2D eigenvalue weighted by Gasteiger charge is -2.28. The van der Waals surface area contributed by atoms with Gasteiger partial charge in [0.2, 0.25) is 11.8 Å². The number of para-hydroxylation sites is 1. The van der Waals surface area contributed by atoms with Gasteiger partial charge in [-0.25, -0.2) is 9.37 Å². The van der Waals surface area contributed by atoms with Crippen LogP contribution in [0.1, 0.15) is 22.6 Å². The van der Waals surface area contributed by atoms with Gasteiger partial charge in [-0.05, 0) is 34.9 Å². The van der Waals surface area contributed by atoms with Crippen LogP contribution in [0.2, 0.25) is 0 Å². The Bertz CT molecular complexity index is 1060. The van der Waals surface area contributed by atoms with Crippen molar-refractivity contribution in [3.63, 3.8) is 0 Å². The van der Waals surface area contributed by atoms with Crippen molar-refractivity contribution < 1.29 is 14.0 Å². The summed E-state index contributed by atoms with van der Waals surface area (Å²) in [5.41, 5.74) is 3.72. The van der Waals surface area contributed by atoms with Crippen molar-refractivity contribution in [2.24, 2.45) is 0 Å². The van der Waals surface area contributed by atoms with Gasteiger partial charge in [0.25, 0.3) is 0 Å². The van der Waals surface area contributed by atoms with Gasteiger partial charge < -0.3 is 5.32 Å². The number of nitrogens with zero attached hydrogens (tertiary/aromatic N) is 2. The van der Waals surface area contributed by atoms with Crippen molar-refractivity contribution in [3.8, 4) is 0 Å². The summed E-state index contributed by atoms with van der Waals surface area (Å²) < 4.78 is 13.7. The summed E-state index contributed by atoms with van der Waals surface area (Å²) in [6.07, 6.45) is 2.12. The third-order valence-electron chi connectivity index (χ3n) is 4.74. The number of benzene rings is 2.